The number of halogens is 1. The predicted molar refractivity (Wildman–Crippen MR) is 105 cm³/mol. The molecule has 1 aliphatic carbocycles. The van der Waals surface area contributed by atoms with Crippen molar-refractivity contribution in [3.63, 3.8) is 0 Å². The van der Waals surface area contributed by atoms with Gasteiger partial charge in [-0.25, -0.2) is 4.98 Å². The van der Waals surface area contributed by atoms with Gasteiger partial charge in [-0.05, 0) is 39.8 Å². The average Bonchev–Trinajstić information content (AvgIpc) is 3.17. The van der Waals surface area contributed by atoms with Crippen LogP contribution in [0.1, 0.15) is 23.5 Å². The Bertz CT molecular complexity index is 482. The molecule has 1 aliphatic rings. The van der Waals surface area contributed by atoms with Crippen molar-refractivity contribution in [2.24, 2.45) is 10.9 Å². The lowest BCUT2D eigenvalue weighted by molar-refractivity contribution is 0.262. The molecule has 0 saturated heterocycles. The topological polar surface area (TPSA) is 43.8 Å². The molecule has 5 nitrogen and oxygen atoms in total. The van der Waals surface area contributed by atoms with Crippen LogP contribution in [0.2, 0.25) is 0 Å². The van der Waals surface area contributed by atoms with E-state index in [9.17, 15) is 0 Å². The Labute approximate surface area is 155 Å². The van der Waals surface area contributed by atoms with E-state index in [2.05, 4.69) is 51.6 Å². The lowest BCUT2D eigenvalue weighted by atomic mass is 10.1. The maximum atomic E-state index is 4.51. The fraction of sp³-hybridized carbons (Fsp3) is 0.733. The lowest BCUT2D eigenvalue weighted by Crippen LogP contribution is -2.46. The van der Waals surface area contributed by atoms with Gasteiger partial charge in [0.25, 0.3) is 0 Å². The van der Waals surface area contributed by atoms with Crippen LogP contribution in [0, 0.1) is 12.8 Å². The number of thiazole rings is 1. The molecular weight excluding hydrogens is 409 g/mol. The van der Waals surface area contributed by atoms with Crippen LogP contribution in [0.5, 0.6) is 0 Å². The van der Waals surface area contributed by atoms with Gasteiger partial charge in [-0.1, -0.05) is 0 Å². The zero-order chi connectivity index (χ0) is 15.4. The van der Waals surface area contributed by atoms with Crippen LogP contribution in [0.25, 0.3) is 0 Å². The molecule has 2 rings (SSSR count). The molecule has 0 bridgehead atoms. The molecule has 0 aromatic carbocycles. The van der Waals surface area contributed by atoms with E-state index in [-0.39, 0.29) is 24.0 Å². The highest BCUT2D eigenvalue weighted by atomic mass is 127. The zero-order valence-corrected chi connectivity index (χ0v) is 17.3. The highest BCUT2D eigenvalue weighted by Gasteiger charge is 2.32. The maximum Gasteiger partial charge on any atom is 0.193 e. The molecule has 0 amide bonds. The number of rotatable bonds is 6. The molecule has 1 N–H and O–H groups in total. The smallest absolute Gasteiger partial charge is 0.193 e. The number of aliphatic imine (C=N–C) groups is 1. The monoisotopic (exact) mass is 437 g/mol. The second-order valence-corrected chi connectivity index (χ2v) is 7.07. The normalized spacial score (nSPS) is 16.4. The summed E-state index contributed by atoms with van der Waals surface area (Å²) < 4.78 is 0. The summed E-state index contributed by atoms with van der Waals surface area (Å²) in [7, 11) is 8.23. The Balaban J connectivity index is 0.00000242. The molecule has 0 aliphatic heterocycles. The molecule has 1 aromatic heterocycles. The Hall–Kier alpha value is -0.410. The second-order valence-electron chi connectivity index (χ2n) is 6.01. The van der Waals surface area contributed by atoms with Crippen molar-refractivity contribution in [3.05, 3.63) is 16.1 Å². The molecule has 0 radical (unpaired) electrons. The van der Waals surface area contributed by atoms with Crippen molar-refractivity contribution < 1.29 is 0 Å². The van der Waals surface area contributed by atoms with Gasteiger partial charge in [-0.3, -0.25) is 4.99 Å². The summed E-state index contributed by atoms with van der Waals surface area (Å²) in [5, 5.41) is 6.74. The summed E-state index contributed by atoms with van der Waals surface area (Å²) in [5.41, 5.74) is 1.11. The number of hydrogen-bond donors (Lipinski definition) is 1. The molecule has 1 atom stereocenters. The number of aryl methyl sites for hydroxylation is 1. The average molecular weight is 437 g/mol. The van der Waals surface area contributed by atoms with E-state index >= 15 is 0 Å². The van der Waals surface area contributed by atoms with E-state index < -0.39 is 0 Å². The number of aromatic nitrogens is 1. The van der Waals surface area contributed by atoms with Gasteiger partial charge in [0, 0.05) is 32.1 Å². The van der Waals surface area contributed by atoms with Crippen LogP contribution in [-0.2, 0) is 6.54 Å². The lowest BCUT2D eigenvalue weighted by Gasteiger charge is -2.27. The molecule has 1 aromatic rings. The summed E-state index contributed by atoms with van der Waals surface area (Å²) in [5.74, 6) is 1.78. The third kappa shape index (κ3) is 5.66. The molecule has 126 valence electrons. The Morgan fingerprint density at radius 1 is 1.45 bits per heavy atom. The van der Waals surface area contributed by atoms with Crippen molar-refractivity contribution in [3.8, 4) is 0 Å². The molecule has 22 heavy (non-hydrogen) atoms. The fourth-order valence-corrected chi connectivity index (χ4v) is 3.23. The third-order valence-corrected chi connectivity index (χ3v) is 4.76. The molecule has 0 spiro atoms. The van der Waals surface area contributed by atoms with Crippen LogP contribution in [-0.4, -0.2) is 61.5 Å². The number of nitrogens with one attached hydrogen (secondary N) is 1. The highest BCUT2D eigenvalue weighted by molar-refractivity contribution is 14.0. The van der Waals surface area contributed by atoms with Crippen LogP contribution in [0.15, 0.2) is 10.4 Å². The van der Waals surface area contributed by atoms with E-state index in [1.54, 1.807) is 11.3 Å². The molecule has 1 heterocycles. The zero-order valence-electron chi connectivity index (χ0n) is 14.2. The minimum Gasteiger partial charge on any atom is -0.355 e. The number of guanidine groups is 1. The largest absolute Gasteiger partial charge is 0.355 e. The highest BCUT2D eigenvalue weighted by Crippen LogP contribution is 2.34. The van der Waals surface area contributed by atoms with Crippen LogP contribution < -0.4 is 5.32 Å². The summed E-state index contributed by atoms with van der Waals surface area (Å²) in [4.78, 5) is 13.4. The Morgan fingerprint density at radius 3 is 2.59 bits per heavy atom. The van der Waals surface area contributed by atoms with Crippen molar-refractivity contribution >= 4 is 41.3 Å². The number of likely N-dealkylation sites (N-methyl/N-ethyl adjacent to an activating group) is 1. The standard InChI is InChI=1S/C15H27N5S.HI/c1-11-18-13(10-21-11)9-20(5)15(16-2)17-8-14(19(3)4)12-6-7-12;/h10,12,14H,6-9H2,1-5H3,(H,16,17);1H. The van der Waals surface area contributed by atoms with Gasteiger partial charge in [-0.2, -0.15) is 0 Å². The molecule has 7 heteroatoms. The van der Waals surface area contributed by atoms with Gasteiger partial charge in [-0.15, -0.1) is 35.3 Å². The van der Waals surface area contributed by atoms with E-state index in [0.717, 1.165) is 35.7 Å². The van der Waals surface area contributed by atoms with Crippen molar-refractivity contribution in [2.45, 2.75) is 32.4 Å². The number of hydrogen-bond acceptors (Lipinski definition) is 4. The first kappa shape index (κ1) is 19.6. The molecule has 1 saturated carbocycles. The second kappa shape index (κ2) is 9.02. The van der Waals surface area contributed by atoms with Gasteiger partial charge in [0.15, 0.2) is 5.96 Å². The third-order valence-electron chi connectivity index (χ3n) is 3.94. The summed E-state index contributed by atoms with van der Waals surface area (Å²) >= 11 is 1.70. The van der Waals surface area contributed by atoms with E-state index in [1.165, 1.54) is 12.8 Å². The van der Waals surface area contributed by atoms with Gasteiger partial charge in [0.1, 0.15) is 0 Å². The SMILES string of the molecule is CN=C(NCC(C1CC1)N(C)C)N(C)Cc1csc(C)n1.I. The predicted octanol–water partition coefficient (Wildman–Crippen LogP) is 2.42. The summed E-state index contributed by atoms with van der Waals surface area (Å²) in [6, 6.07) is 0.594. The number of nitrogens with zero attached hydrogens (tertiary/aromatic N) is 4. The van der Waals surface area contributed by atoms with Crippen molar-refractivity contribution in [2.75, 3.05) is 34.7 Å². The van der Waals surface area contributed by atoms with Crippen LogP contribution in [0.3, 0.4) is 0 Å². The van der Waals surface area contributed by atoms with Crippen molar-refractivity contribution in [1.29, 1.82) is 0 Å². The first-order valence-electron chi connectivity index (χ1n) is 7.50. The van der Waals surface area contributed by atoms with Gasteiger partial charge < -0.3 is 15.1 Å². The summed E-state index contributed by atoms with van der Waals surface area (Å²) in [6.07, 6.45) is 2.72. The van der Waals surface area contributed by atoms with Gasteiger partial charge in [0.2, 0.25) is 0 Å². The Morgan fingerprint density at radius 2 is 2.14 bits per heavy atom. The van der Waals surface area contributed by atoms with Crippen LogP contribution in [0.4, 0.5) is 0 Å². The molecular formula is C15H28IN5S. The van der Waals surface area contributed by atoms with Gasteiger partial charge in [0.05, 0.1) is 17.2 Å². The van der Waals surface area contributed by atoms with Gasteiger partial charge >= 0.3 is 0 Å². The Kier molecular flexibility index (Phi) is 8.06. The first-order chi connectivity index (χ1) is 10.0. The van der Waals surface area contributed by atoms with E-state index in [0.29, 0.717) is 6.04 Å². The minimum absolute atomic E-state index is 0. The van der Waals surface area contributed by atoms with Crippen molar-refractivity contribution in [1.82, 2.24) is 20.1 Å². The summed E-state index contributed by atoms with van der Waals surface area (Å²) in [6.45, 7) is 3.78. The minimum atomic E-state index is 0. The fourth-order valence-electron chi connectivity index (χ4n) is 2.63. The maximum absolute atomic E-state index is 4.51. The molecule has 1 unspecified atom stereocenters. The van der Waals surface area contributed by atoms with E-state index in [1.807, 2.05) is 14.0 Å². The quantitative estimate of drug-likeness (QED) is 0.422. The first-order valence-corrected chi connectivity index (χ1v) is 8.38. The molecule has 1 fully saturated rings. The van der Waals surface area contributed by atoms with E-state index in [4.69, 9.17) is 0 Å². The van der Waals surface area contributed by atoms with Crippen LogP contribution >= 0.6 is 35.3 Å².